The first-order valence-electron chi connectivity index (χ1n) is 6.49. The van der Waals surface area contributed by atoms with Crippen molar-refractivity contribution >= 4 is 5.91 Å². The van der Waals surface area contributed by atoms with Crippen LogP contribution in [0.5, 0.6) is 0 Å². The fourth-order valence-corrected chi connectivity index (χ4v) is 2.35. The second kappa shape index (κ2) is 5.83. The van der Waals surface area contributed by atoms with E-state index in [1.807, 2.05) is 6.92 Å². The first kappa shape index (κ1) is 14.5. The molecule has 3 unspecified atom stereocenters. The third-order valence-corrected chi connectivity index (χ3v) is 3.22. The Balaban J connectivity index is 2.28. The maximum atomic E-state index is 11.9. The summed E-state index contributed by atoms with van der Waals surface area (Å²) in [4.78, 5) is 11.9. The molecule has 1 fully saturated rings. The van der Waals surface area contributed by atoms with E-state index < -0.39 is 6.10 Å². The van der Waals surface area contributed by atoms with Crippen molar-refractivity contribution in [2.75, 3.05) is 13.1 Å². The van der Waals surface area contributed by atoms with E-state index in [4.69, 9.17) is 0 Å². The summed E-state index contributed by atoms with van der Waals surface area (Å²) in [6, 6.07) is 0.245. The number of hydrogen-bond donors (Lipinski definition) is 3. The smallest absolute Gasteiger partial charge is 0.224 e. The van der Waals surface area contributed by atoms with Crippen LogP contribution in [0.2, 0.25) is 0 Å². The van der Waals surface area contributed by atoms with Crippen LogP contribution in [0.25, 0.3) is 0 Å². The summed E-state index contributed by atoms with van der Waals surface area (Å²) >= 11 is 0. The maximum absolute atomic E-state index is 11.9. The van der Waals surface area contributed by atoms with Gasteiger partial charge in [-0.3, -0.25) is 4.79 Å². The monoisotopic (exact) mass is 242 g/mol. The summed E-state index contributed by atoms with van der Waals surface area (Å²) in [6.45, 7) is 9.55. The molecule has 0 aromatic heterocycles. The molecule has 100 valence electrons. The van der Waals surface area contributed by atoms with Crippen LogP contribution >= 0.6 is 0 Å². The van der Waals surface area contributed by atoms with Crippen molar-refractivity contribution in [3.63, 3.8) is 0 Å². The van der Waals surface area contributed by atoms with Crippen molar-refractivity contribution in [2.24, 2.45) is 11.3 Å². The van der Waals surface area contributed by atoms with Crippen LogP contribution in [0.3, 0.4) is 0 Å². The van der Waals surface area contributed by atoms with Gasteiger partial charge in [-0.15, -0.1) is 0 Å². The van der Waals surface area contributed by atoms with Gasteiger partial charge in [-0.1, -0.05) is 20.8 Å². The van der Waals surface area contributed by atoms with Crippen molar-refractivity contribution in [1.82, 2.24) is 10.6 Å². The summed E-state index contributed by atoms with van der Waals surface area (Å²) < 4.78 is 0. The molecule has 1 heterocycles. The topological polar surface area (TPSA) is 61.4 Å². The normalized spacial score (nSPS) is 26.9. The highest BCUT2D eigenvalue weighted by molar-refractivity contribution is 5.79. The lowest BCUT2D eigenvalue weighted by Gasteiger charge is -2.23. The third-order valence-electron chi connectivity index (χ3n) is 3.22. The standard InChI is InChI=1S/C13H26N2O2/c1-9-11(5-6-14-9)12(17)15-8-10(16)7-13(2,3)4/h9-11,14,16H,5-8H2,1-4H3,(H,15,17). The Morgan fingerprint density at radius 1 is 1.53 bits per heavy atom. The van der Waals surface area contributed by atoms with E-state index >= 15 is 0 Å². The van der Waals surface area contributed by atoms with Crippen LogP contribution in [0.4, 0.5) is 0 Å². The van der Waals surface area contributed by atoms with E-state index in [1.54, 1.807) is 0 Å². The lowest BCUT2D eigenvalue weighted by Crippen LogP contribution is -2.40. The Morgan fingerprint density at radius 3 is 2.65 bits per heavy atom. The van der Waals surface area contributed by atoms with Gasteiger partial charge >= 0.3 is 0 Å². The Bertz CT molecular complexity index is 261. The minimum absolute atomic E-state index is 0.0526. The number of carbonyl (C=O) groups is 1. The van der Waals surface area contributed by atoms with E-state index in [1.165, 1.54) is 0 Å². The number of rotatable bonds is 4. The highest BCUT2D eigenvalue weighted by Crippen LogP contribution is 2.20. The van der Waals surface area contributed by atoms with Gasteiger partial charge < -0.3 is 15.7 Å². The van der Waals surface area contributed by atoms with Crippen LogP contribution < -0.4 is 10.6 Å². The zero-order valence-electron chi connectivity index (χ0n) is 11.4. The van der Waals surface area contributed by atoms with Gasteiger partial charge in [-0.2, -0.15) is 0 Å². The minimum atomic E-state index is -0.455. The van der Waals surface area contributed by atoms with Crippen LogP contribution in [0, 0.1) is 11.3 Å². The molecule has 0 bridgehead atoms. The zero-order chi connectivity index (χ0) is 13.1. The van der Waals surface area contributed by atoms with E-state index in [0.717, 1.165) is 13.0 Å². The molecule has 0 saturated carbocycles. The van der Waals surface area contributed by atoms with Gasteiger partial charge in [0, 0.05) is 12.6 Å². The number of carbonyl (C=O) groups excluding carboxylic acids is 1. The minimum Gasteiger partial charge on any atom is -0.391 e. The van der Waals surface area contributed by atoms with Gasteiger partial charge in [0.25, 0.3) is 0 Å². The van der Waals surface area contributed by atoms with Crippen molar-refractivity contribution in [2.45, 2.75) is 52.7 Å². The second-order valence-corrected chi connectivity index (χ2v) is 6.30. The van der Waals surface area contributed by atoms with E-state index in [-0.39, 0.29) is 23.3 Å². The van der Waals surface area contributed by atoms with Gasteiger partial charge in [-0.25, -0.2) is 0 Å². The molecule has 1 amide bonds. The fourth-order valence-electron chi connectivity index (χ4n) is 2.35. The van der Waals surface area contributed by atoms with Crippen LogP contribution in [-0.2, 0) is 4.79 Å². The van der Waals surface area contributed by atoms with Gasteiger partial charge in [0.1, 0.15) is 0 Å². The predicted molar refractivity (Wildman–Crippen MR) is 68.7 cm³/mol. The molecule has 0 aromatic carbocycles. The Morgan fingerprint density at radius 2 is 2.18 bits per heavy atom. The Hall–Kier alpha value is -0.610. The number of amides is 1. The predicted octanol–water partition coefficient (Wildman–Crippen LogP) is 0.898. The van der Waals surface area contributed by atoms with E-state index in [0.29, 0.717) is 13.0 Å². The molecular weight excluding hydrogens is 216 g/mol. The Labute approximate surface area is 104 Å². The maximum Gasteiger partial charge on any atom is 0.224 e. The van der Waals surface area contributed by atoms with E-state index in [9.17, 15) is 9.90 Å². The SMILES string of the molecule is CC1NCCC1C(=O)NCC(O)CC(C)(C)C. The molecule has 1 rings (SSSR count). The van der Waals surface area contributed by atoms with Gasteiger partial charge in [0.15, 0.2) is 0 Å². The molecule has 3 atom stereocenters. The van der Waals surface area contributed by atoms with Crippen LogP contribution in [0.15, 0.2) is 0 Å². The highest BCUT2D eigenvalue weighted by Gasteiger charge is 2.29. The molecule has 0 radical (unpaired) electrons. The molecule has 3 N–H and O–H groups in total. The molecule has 4 nitrogen and oxygen atoms in total. The number of aliphatic hydroxyl groups is 1. The van der Waals surface area contributed by atoms with Gasteiger partial charge in [-0.05, 0) is 31.7 Å². The van der Waals surface area contributed by atoms with Crippen molar-refractivity contribution in [3.8, 4) is 0 Å². The number of nitrogens with one attached hydrogen (secondary N) is 2. The average Bonchev–Trinajstić information content (AvgIpc) is 2.58. The molecule has 17 heavy (non-hydrogen) atoms. The number of aliphatic hydroxyl groups excluding tert-OH is 1. The molecule has 0 aromatic rings. The zero-order valence-corrected chi connectivity index (χ0v) is 11.4. The first-order valence-corrected chi connectivity index (χ1v) is 6.49. The lowest BCUT2D eigenvalue weighted by atomic mass is 9.89. The summed E-state index contributed by atoms with van der Waals surface area (Å²) in [5.74, 6) is 0.118. The highest BCUT2D eigenvalue weighted by atomic mass is 16.3. The van der Waals surface area contributed by atoms with Gasteiger partial charge in [0.2, 0.25) is 5.91 Å². The number of hydrogen-bond acceptors (Lipinski definition) is 3. The average molecular weight is 242 g/mol. The molecule has 4 heteroatoms. The summed E-state index contributed by atoms with van der Waals surface area (Å²) in [7, 11) is 0. The summed E-state index contributed by atoms with van der Waals surface area (Å²) in [5.41, 5.74) is 0.0896. The molecule has 1 saturated heterocycles. The molecule has 1 aliphatic heterocycles. The van der Waals surface area contributed by atoms with Gasteiger partial charge in [0.05, 0.1) is 12.0 Å². The van der Waals surface area contributed by atoms with Crippen LogP contribution in [0.1, 0.15) is 40.5 Å². The molecule has 0 spiro atoms. The van der Waals surface area contributed by atoms with Crippen molar-refractivity contribution in [3.05, 3.63) is 0 Å². The van der Waals surface area contributed by atoms with Crippen molar-refractivity contribution < 1.29 is 9.90 Å². The fraction of sp³-hybridized carbons (Fsp3) is 0.923. The largest absolute Gasteiger partial charge is 0.391 e. The van der Waals surface area contributed by atoms with Crippen molar-refractivity contribution in [1.29, 1.82) is 0 Å². The quantitative estimate of drug-likeness (QED) is 0.686. The lowest BCUT2D eigenvalue weighted by molar-refractivity contribution is -0.125. The van der Waals surface area contributed by atoms with Crippen LogP contribution in [-0.4, -0.2) is 36.2 Å². The first-order chi connectivity index (χ1) is 7.79. The van der Waals surface area contributed by atoms with E-state index in [2.05, 4.69) is 31.4 Å². The second-order valence-electron chi connectivity index (χ2n) is 6.30. The molecule has 1 aliphatic rings. The summed E-state index contributed by atoms with van der Waals surface area (Å²) in [5, 5.41) is 15.9. The third kappa shape index (κ3) is 5.04. The molecular formula is C13H26N2O2. The molecule has 0 aliphatic carbocycles. The summed E-state index contributed by atoms with van der Waals surface area (Å²) in [6.07, 6.45) is 1.14. The Kier molecular flexibility index (Phi) is 4.95.